The molecule has 4 aromatic heterocycles. The van der Waals surface area contributed by atoms with Gasteiger partial charge in [0, 0.05) is 16.5 Å². The average Bonchev–Trinajstić information content (AvgIpc) is 3.60. The van der Waals surface area contributed by atoms with Crippen LogP contribution in [-0.2, 0) is 0 Å². The normalized spacial score (nSPS) is 12.4. The number of carbonyl (C=O) groups is 1. The number of aromatic nitrogens is 3. The van der Waals surface area contributed by atoms with Crippen molar-refractivity contribution in [3.05, 3.63) is 58.5 Å². The molecule has 170 valence electrons. The fourth-order valence-corrected chi connectivity index (χ4v) is 4.70. The van der Waals surface area contributed by atoms with Crippen molar-refractivity contribution in [2.75, 3.05) is 12.1 Å². The lowest BCUT2D eigenvalue weighted by Gasteiger charge is -2.06. The first-order valence-electron chi connectivity index (χ1n) is 10.5. The van der Waals surface area contributed by atoms with Crippen molar-refractivity contribution in [3.8, 4) is 34.0 Å². The van der Waals surface area contributed by atoms with Crippen molar-refractivity contribution >= 4 is 33.5 Å². The molecule has 0 atom stereocenters. The van der Waals surface area contributed by atoms with E-state index in [4.69, 9.17) is 18.4 Å². The number of benzene rings is 1. The Morgan fingerprint density at radius 1 is 1.03 bits per heavy atom. The standard InChI is InChI=1S/C24H18N4O5S/c1-11-6-15(13(3)32-11)17-8-16(21-12(2)28-33-23(21)25-17)22(29)27-24-26-18(9-34-24)14-4-5-19-20(7-14)31-10-30-19/h4-9H,10H2,1-3H3,(H,26,27,29). The molecule has 0 spiro atoms. The molecule has 1 aliphatic heterocycles. The zero-order valence-corrected chi connectivity index (χ0v) is 19.3. The van der Waals surface area contributed by atoms with Crippen LogP contribution in [0.5, 0.6) is 11.5 Å². The third-order valence-corrected chi connectivity index (χ3v) is 6.33. The quantitative estimate of drug-likeness (QED) is 0.363. The molecule has 34 heavy (non-hydrogen) atoms. The van der Waals surface area contributed by atoms with E-state index in [9.17, 15) is 4.79 Å². The van der Waals surface area contributed by atoms with Gasteiger partial charge in [-0.2, -0.15) is 0 Å². The van der Waals surface area contributed by atoms with Crippen LogP contribution in [0.15, 0.2) is 44.7 Å². The average molecular weight is 474 g/mol. The third kappa shape index (κ3) is 3.39. The van der Waals surface area contributed by atoms with Crippen LogP contribution >= 0.6 is 11.3 Å². The summed E-state index contributed by atoms with van der Waals surface area (Å²) in [5, 5.41) is 9.81. The van der Waals surface area contributed by atoms with E-state index in [0.717, 1.165) is 22.6 Å². The Bertz CT molecular complexity index is 1580. The molecular weight excluding hydrogens is 456 g/mol. The van der Waals surface area contributed by atoms with Crippen molar-refractivity contribution in [1.82, 2.24) is 15.1 Å². The second kappa shape index (κ2) is 7.70. The van der Waals surface area contributed by atoms with E-state index in [-0.39, 0.29) is 12.7 Å². The zero-order valence-electron chi connectivity index (χ0n) is 18.5. The monoisotopic (exact) mass is 474 g/mol. The molecule has 1 amide bonds. The number of nitrogens with zero attached hydrogens (tertiary/aromatic N) is 3. The number of pyridine rings is 1. The molecular formula is C24H18N4O5S. The van der Waals surface area contributed by atoms with Gasteiger partial charge >= 0.3 is 0 Å². The van der Waals surface area contributed by atoms with Crippen LogP contribution in [0.1, 0.15) is 27.6 Å². The minimum atomic E-state index is -0.329. The van der Waals surface area contributed by atoms with Crippen molar-refractivity contribution in [2.24, 2.45) is 0 Å². The largest absolute Gasteiger partial charge is 0.466 e. The van der Waals surface area contributed by atoms with E-state index in [1.165, 1.54) is 11.3 Å². The highest BCUT2D eigenvalue weighted by molar-refractivity contribution is 7.14. The van der Waals surface area contributed by atoms with Gasteiger partial charge in [0.2, 0.25) is 6.79 Å². The molecule has 10 heteroatoms. The summed E-state index contributed by atoms with van der Waals surface area (Å²) in [6, 6.07) is 9.23. The van der Waals surface area contributed by atoms with E-state index < -0.39 is 0 Å². The van der Waals surface area contributed by atoms with Crippen molar-refractivity contribution in [2.45, 2.75) is 20.8 Å². The highest BCUT2D eigenvalue weighted by atomic mass is 32.1. The molecule has 1 aromatic carbocycles. The van der Waals surface area contributed by atoms with Crippen LogP contribution in [0.4, 0.5) is 5.13 Å². The van der Waals surface area contributed by atoms with E-state index >= 15 is 0 Å². The van der Waals surface area contributed by atoms with Gasteiger partial charge in [-0.3, -0.25) is 10.1 Å². The van der Waals surface area contributed by atoms with Crippen molar-refractivity contribution in [1.29, 1.82) is 0 Å². The number of furan rings is 1. The van der Waals surface area contributed by atoms with Gasteiger partial charge in [0.25, 0.3) is 11.6 Å². The van der Waals surface area contributed by atoms with Gasteiger partial charge in [-0.15, -0.1) is 11.3 Å². The molecule has 5 heterocycles. The topological polar surface area (TPSA) is 113 Å². The fourth-order valence-electron chi connectivity index (χ4n) is 3.98. The lowest BCUT2D eigenvalue weighted by atomic mass is 10.1. The summed E-state index contributed by atoms with van der Waals surface area (Å²) in [5.74, 6) is 2.52. The van der Waals surface area contributed by atoms with Crippen LogP contribution in [0, 0.1) is 20.8 Å². The van der Waals surface area contributed by atoms with Crippen molar-refractivity contribution in [3.63, 3.8) is 0 Å². The molecule has 0 bridgehead atoms. The number of thiazole rings is 1. The molecule has 0 saturated carbocycles. The maximum atomic E-state index is 13.3. The number of hydrogen-bond donors (Lipinski definition) is 1. The smallest absolute Gasteiger partial charge is 0.259 e. The minimum Gasteiger partial charge on any atom is -0.466 e. The summed E-state index contributed by atoms with van der Waals surface area (Å²) in [6.07, 6.45) is 0. The summed E-state index contributed by atoms with van der Waals surface area (Å²) in [5.41, 5.74) is 4.24. The second-order valence-corrected chi connectivity index (χ2v) is 8.75. The van der Waals surface area contributed by atoms with E-state index in [1.54, 1.807) is 13.0 Å². The van der Waals surface area contributed by atoms with E-state index in [0.29, 0.717) is 50.4 Å². The van der Waals surface area contributed by atoms with Gasteiger partial charge < -0.3 is 18.4 Å². The number of hydrogen-bond acceptors (Lipinski definition) is 9. The fraction of sp³-hybridized carbons (Fsp3) is 0.167. The highest BCUT2D eigenvalue weighted by Gasteiger charge is 2.22. The lowest BCUT2D eigenvalue weighted by molar-refractivity contribution is 0.102. The molecule has 1 aliphatic rings. The first-order chi connectivity index (χ1) is 16.5. The summed E-state index contributed by atoms with van der Waals surface area (Å²) >= 11 is 1.33. The van der Waals surface area contributed by atoms with E-state index in [1.807, 2.05) is 43.5 Å². The Morgan fingerprint density at radius 3 is 2.71 bits per heavy atom. The summed E-state index contributed by atoms with van der Waals surface area (Å²) in [4.78, 5) is 22.5. The molecule has 1 N–H and O–H groups in total. The second-order valence-electron chi connectivity index (χ2n) is 7.89. The van der Waals surface area contributed by atoms with Gasteiger partial charge in [0.1, 0.15) is 11.5 Å². The highest BCUT2D eigenvalue weighted by Crippen LogP contribution is 2.37. The number of nitrogens with one attached hydrogen (secondary N) is 1. The Balaban J connectivity index is 1.34. The van der Waals surface area contributed by atoms with Crippen LogP contribution in [-0.4, -0.2) is 27.8 Å². The Hall–Kier alpha value is -4.18. The summed E-state index contributed by atoms with van der Waals surface area (Å²) < 4.78 is 21.8. The van der Waals surface area contributed by atoms with Gasteiger partial charge in [0.15, 0.2) is 16.6 Å². The number of ether oxygens (including phenoxy) is 2. The van der Waals surface area contributed by atoms with Gasteiger partial charge in [-0.05, 0) is 51.1 Å². The van der Waals surface area contributed by atoms with Crippen molar-refractivity contribution < 1.29 is 23.2 Å². The number of rotatable bonds is 4. The number of anilines is 1. The molecule has 9 nitrogen and oxygen atoms in total. The van der Waals surface area contributed by atoms with Crippen LogP contribution < -0.4 is 14.8 Å². The molecule has 0 saturated heterocycles. The number of amides is 1. The maximum absolute atomic E-state index is 13.3. The van der Waals surface area contributed by atoms with Gasteiger partial charge in [-0.1, -0.05) is 5.16 Å². The third-order valence-electron chi connectivity index (χ3n) is 5.57. The number of fused-ring (bicyclic) bond motifs is 2. The molecule has 0 radical (unpaired) electrons. The predicted octanol–water partition coefficient (Wildman–Crippen LogP) is 5.51. The number of aryl methyl sites for hydroxylation is 3. The van der Waals surface area contributed by atoms with Crippen LogP contribution in [0.2, 0.25) is 0 Å². The molecule has 0 unspecified atom stereocenters. The molecule has 6 rings (SSSR count). The van der Waals surface area contributed by atoms with Crippen LogP contribution in [0.25, 0.3) is 33.6 Å². The first-order valence-corrected chi connectivity index (χ1v) is 11.4. The van der Waals surface area contributed by atoms with Crippen LogP contribution in [0.3, 0.4) is 0 Å². The SMILES string of the molecule is Cc1cc(-c2cc(C(=O)Nc3nc(-c4ccc5c(c4)OCO5)cs3)c3c(C)noc3n2)c(C)o1. The Kier molecular flexibility index (Phi) is 4.63. The minimum absolute atomic E-state index is 0.208. The molecule has 0 aliphatic carbocycles. The summed E-state index contributed by atoms with van der Waals surface area (Å²) in [7, 11) is 0. The zero-order chi connectivity index (χ0) is 23.4. The van der Waals surface area contributed by atoms with Gasteiger partial charge in [0.05, 0.1) is 28.0 Å². The lowest BCUT2D eigenvalue weighted by Crippen LogP contribution is -2.13. The predicted molar refractivity (Wildman–Crippen MR) is 125 cm³/mol. The summed E-state index contributed by atoms with van der Waals surface area (Å²) in [6.45, 7) is 5.70. The molecule has 5 aromatic rings. The number of carbonyl (C=O) groups excluding carboxylic acids is 1. The Morgan fingerprint density at radius 2 is 1.88 bits per heavy atom. The maximum Gasteiger partial charge on any atom is 0.259 e. The first kappa shape index (κ1) is 20.4. The van der Waals surface area contributed by atoms with Gasteiger partial charge in [-0.25, -0.2) is 9.97 Å². The van der Waals surface area contributed by atoms with E-state index in [2.05, 4.69) is 20.4 Å². The Labute approximate surface area is 197 Å². The molecule has 0 fully saturated rings.